The smallest absolute Gasteiger partial charge is 0.333 e. The molecule has 106 valence electrons. The maximum atomic E-state index is 11.9. The van der Waals surface area contributed by atoms with E-state index >= 15 is 0 Å². The molecule has 1 amide bonds. The van der Waals surface area contributed by atoms with Crippen LogP contribution in [0, 0.1) is 0 Å². The Morgan fingerprint density at radius 2 is 2.35 bits per heavy atom. The summed E-state index contributed by atoms with van der Waals surface area (Å²) in [6.07, 6.45) is 1.39. The van der Waals surface area contributed by atoms with E-state index in [1.54, 1.807) is 11.8 Å². The number of hydrogen-bond donors (Lipinski definition) is 0. The number of carbonyl (C=O) groups is 2. The van der Waals surface area contributed by atoms with Gasteiger partial charge < -0.3 is 9.64 Å². The molecule has 0 N–H and O–H groups in total. The number of nitrogens with zero attached hydrogens (tertiary/aromatic N) is 1. The van der Waals surface area contributed by atoms with Gasteiger partial charge in [0.15, 0.2) is 0 Å². The summed E-state index contributed by atoms with van der Waals surface area (Å²) in [5.74, 6) is -0.0475. The van der Waals surface area contributed by atoms with Gasteiger partial charge in [0.1, 0.15) is 0 Å². The molecule has 0 radical (unpaired) electrons. The highest BCUT2D eigenvalue weighted by Crippen LogP contribution is 2.30. The van der Waals surface area contributed by atoms with Crippen LogP contribution >= 0.6 is 27.7 Å². The Hall–Kier alpha value is -1.27. The molecule has 0 spiro atoms. The van der Waals surface area contributed by atoms with Crippen LogP contribution in [0.15, 0.2) is 39.8 Å². The highest BCUT2D eigenvalue weighted by atomic mass is 79.9. The number of amides is 1. The largest absolute Gasteiger partial charge is 0.463 e. The lowest BCUT2D eigenvalue weighted by molar-refractivity contribution is -0.137. The summed E-state index contributed by atoms with van der Waals surface area (Å²) in [7, 11) is 0. The van der Waals surface area contributed by atoms with Crippen LogP contribution in [-0.4, -0.2) is 29.1 Å². The van der Waals surface area contributed by atoms with Crippen LogP contribution in [0.25, 0.3) is 0 Å². The van der Waals surface area contributed by atoms with E-state index in [-0.39, 0.29) is 5.91 Å². The predicted octanol–water partition coefficient (Wildman–Crippen LogP) is 2.93. The molecule has 1 saturated heterocycles. The topological polar surface area (TPSA) is 46.6 Å². The van der Waals surface area contributed by atoms with E-state index in [9.17, 15) is 9.59 Å². The van der Waals surface area contributed by atoms with E-state index in [2.05, 4.69) is 15.9 Å². The third-order valence-corrected chi connectivity index (χ3v) is 4.19. The van der Waals surface area contributed by atoms with Crippen LogP contribution in [0.1, 0.15) is 12.5 Å². The third kappa shape index (κ3) is 3.86. The molecule has 6 heteroatoms. The van der Waals surface area contributed by atoms with Gasteiger partial charge >= 0.3 is 5.97 Å². The first kappa shape index (κ1) is 15.1. The molecule has 20 heavy (non-hydrogen) atoms. The molecule has 1 aromatic rings. The summed E-state index contributed by atoms with van der Waals surface area (Å²) in [4.78, 5) is 25.0. The average molecular weight is 356 g/mol. The normalized spacial score (nSPS) is 16.8. The minimum Gasteiger partial charge on any atom is -0.463 e. The Labute approximate surface area is 130 Å². The number of hydrogen-bond acceptors (Lipinski definition) is 4. The maximum absolute atomic E-state index is 11.9. The second kappa shape index (κ2) is 6.95. The van der Waals surface area contributed by atoms with Crippen molar-refractivity contribution in [1.82, 2.24) is 4.90 Å². The highest BCUT2D eigenvalue weighted by molar-refractivity contribution is 9.10. The van der Waals surface area contributed by atoms with Crippen LogP contribution in [0.5, 0.6) is 0 Å². The van der Waals surface area contributed by atoms with E-state index in [0.717, 1.165) is 10.0 Å². The zero-order chi connectivity index (χ0) is 14.5. The standard InChI is InChI=1S/C14H14BrNO3S/c1-2-19-14(18)7-13-16(12(17)9-20-13)8-10-4-3-5-11(15)6-10/h3-7H,2,8-9H2,1H3/b13-7-. The van der Waals surface area contributed by atoms with Gasteiger partial charge in [-0.15, -0.1) is 0 Å². The molecule has 1 aromatic carbocycles. The highest BCUT2D eigenvalue weighted by Gasteiger charge is 2.27. The van der Waals surface area contributed by atoms with E-state index in [1.807, 2.05) is 24.3 Å². The monoisotopic (exact) mass is 355 g/mol. The van der Waals surface area contributed by atoms with Crippen molar-refractivity contribution in [3.63, 3.8) is 0 Å². The number of esters is 1. The zero-order valence-electron chi connectivity index (χ0n) is 11.0. The molecule has 1 fully saturated rings. The Balaban J connectivity index is 2.15. The minimum atomic E-state index is -0.413. The van der Waals surface area contributed by atoms with Gasteiger partial charge in [-0.2, -0.15) is 0 Å². The van der Waals surface area contributed by atoms with Crippen molar-refractivity contribution in [3.8, 4) is 0 Å². The van der Waals surface area contributed by atoms with Crippen molar-refractivity contribution in [2.45, 2.75) is 13.5 Å². The van der Waals surface area contributed by atoms with Crippen LogP contribution in [0.3, 0.4) is 0 Å². The second-order valence-corrected chi connectivity index (χ2v) is 6.04. The fraction of sp³-hybridized carbons (Fsp3) is 0.286. The van der Waals surface area contributed by atoms with E-state index < -0.39 is 5.97 Å². The van der Waals surface area contributed by atoms with Crippen molar-refractivity contribution in [2.24, 2.45) is 0 Å². The van der Waals surface area contributed by atoms with Crippen molar-refractivity contribution >= 4 is 39.6 Å². The zero-order valence-corrected chi connectivity index (χ0v) is 13.4. The Kier molecular flexibility index (Phi) is 5.25. The van der Waals surface area contributed by atoms with Crippen molar-refractivity contribution in [2.75, 3.05) is 12.4 Å². The summed E-state index contributed by atoms with van der Waals surface area (Å²) in [5.41, 5.74) is 1.00. The summed E-state index contributed by atoms with van der Waals surface area (Å²) in [5, 5.41) is 0.647. The number of rotatable bonds is 4. The van der Waals surface area contributed by atoms with Crippen molar-refractivity contribution < 1.29 is 14.3 Å². The lowest BCUT2D eigenvalue weighted by Crippen LogP contribution is -2.24. The molecule has 0 aliphatic carbocycles. The number of carbonyl (C=O) groups excluding carboxylic acids is 2. The Morgan fingerprint density at radius 1 is 1.55 bits per heavy atom. The summed E-state index contributed by atoms with van der Waals surface area (Å²) in [6.45, 7) is 2.53. The van der Waals surface area contributed by atoms with Crippen LogP contribution in [-0.2, 0) is 20.9 Å². The van der Waals surface area contributed by atoms with Gasteiger partial charge in [0.05, 0.1) is 30.0 Å². The van der Waals surface area contributed by atoms with Crippen LogP contribution in [0.2, 0.25) is 0 Å². The van der Waals surface area contributed by atoms with Gasteiger partial charge in [-0.25, -0.2) is 4.79 Å². The second-order valence-electron chi connectivity index (χ2n) is 4.13. The van der Waals surface area contributed by atoms with Gasteiger partial charge in [-0.05, 0) is 24.6 Å². The van der Waals surface area contributed by atoms with E-state index in [0.29, 0.717) is 23.9 Å². The lowest BCUT2D eigenvalue weighted by atomic mass is 10.2. The third-order valence-electron chi connectivity index (χ3n) is 2.67. The first-order chi connectivity index (χ1) is 9.60. The van der Waals surface area contributed by atoms with Gasteiger partial charge in [0.2, 0.25) is 5.91 Å². The number of benzene rings is 1. The molecule has 4 nitrogen and oxygen atoms in total. The molecule has 2 rings (SSSR count). The fourth-order valence-electron chi connectivity index (χ4n) is 1.80. The van der Waals surface area contributed by atoms with Gasteiger partial charge in [-0.1, -0.05) is 39.8 Å². The van der Waals surface area contributed by atoms with Gasteiger partial charge in [0.25, 0.3) is 0 Å². The average Bonchev–Trinajstić information content (AvgIpc) is 2.72. The Bertz CT molecular complexity index is 559. The fourth-order valence-corrected chi connectivity index (χ4v) is 3.18. The molecule has 1 aliphatic rings. The Morgan fingerprint density at radius 3 is 3.05 bits per heavy atom. The lowest BCUT2D eigenvalue weighted by Gasteiger charge is -2.17. The molecular formula is C14H14BrNO3S. The molecule has 0 unspecified atom stereocenters. The molecule has 0 saturated carbocycles. The van der Waals surface area contributed by atoms with E-state index in [4.69, 9.17) is 4.74 Å². The molecular weight excluding hydrogens is 342 g/mol. The minimum absolute atomic E-state index is 0.00511. The number of ether oxygens (including phenoxy) is 1. The van der Waals surface area contributed by atoms with Gasteiger partial charge in [-0.3, -0.25) is 4.79 Å². The van der Waals surface area contributed by atoms with Gasteiger partial charge in [0, 0.05) is 4.47 Å². The van der Waals surface area contributed by atoms with Crippen LogP contribution in [0.4, 0.5) is 0 Å². The van der Waals surface area contributed by atoms with E-state index in [1.165, 1.54) is 17.8 Å². The molecule has 0 aromatic heterocycles. The number of halogens is 1. The number of thioether (sulfide) groups is 1. The first-order valence-corrected chi connectivity index (χ1v) is 7.94. The van der Waals surface area contributed by atoms with Crippen LogP contribution < -0.4 is 0 Å². The summed E-state index contributed by atoms with van der Waals surface area (Å²) >= 11 is 4.77. The molecule has 1 heterocycles. The molecule has 0 bridgehead atoms. The molecule has 0 atom stereocenters. The van der Waals surface area contributed by atoms with Crippen molar-refractivity contribution in [3.05, 3.63) is 45.4 Å². The predicted molar refractivity (Wildman–Crippen MR) is 81.9 cm³/mol. The molecule has 1 aliphatic heterocycles. The summed E-state index contributed by atoms with van der Waals surface area (Å²) in [6, 6.07) is 7.75. The SMILES string of the molecule is CCOC(=O)/C=C1\SCC(=O)N1Cc1cccc(Br)c1. The first-order valence-electron chi connectivity index (χ1n) is 6.16. The van der Waals surface area contributed by atoms with Crippen molar-refractivity contribution in [1.29, 1.82) is 0 Å². The quantitative estimate of drug-likeness (QED) is 0.615. The maximum Gasteiger partial charge on any atom is 0.333 e. The summed E-state index contributed by atoms with van der Waals surface area (Å²) < 4.78 is 5.85.